The number of rotatable bonds is 7. The number of fused-ring (bicyclic) bond motifs is 1. The highest BCUT2D eigenvalue weighted by Crippen LogP contribution is 2.18. The molecule has 2 amide bonds. The van der Waals surface area contributed by atoms with Crippen LogP contribution in [0.1, 0.15) is 35.3 Å². The van der Waals surface area contributed by atoms with Crippen LogP contribution >= 0.6 is 0 Å². The molecular formula is C26H24N4O4. The molecule has 0 radical (unpaired) electrons. The SMILES string of the molecule is CC(NC(=O)CCn1c(=O)[nH]c(=O)c2ccccc21)c1cccc(NC(=O)c2ccccc2)c1. The molecule has 4 aromatic rings. The Labute approximate surface area is 195 Å². The van der Waals surface area contributed by atoms with Gasteiger partial charge in [-0.2, -0.15) is 0 Å². The Morgan fingerprint density at radius 2 is 1.68 bits per heavy atom. The van der Waals surface area contributed by atoms with Crippen LogP contribution in [0.3, 0.4) is 0 Å². The standard InChI is InChI=1S/C26H24N4O4/c1-17(19-10-7-11-20(16-19)28-24(32)18-8-3-2-4-9-18)27-23(31)14-15-30-22-13-6-5-12-21(22)25(33)29-26(30)34/h2-13,16-17H,14-15H2,1H3,(H,27,31)(H,28,32)(H,29,33,34). The van der Waals surface area contributed by atoms with E-state index in [1.807, 2.05) is 31.2 Å². The van der Waals surface area contributed by atoms with Crippen LogP contribution in [0.5, 0.6) is 0 Å². The molecule has 1 unspecified atom stereocenters. The van der Waals surface area contributed by atoms with Gasteiger partial charge in [-0.15, -0.1) is 0 Å². The Balaban J connectivity index is 1.40. The minimum Gasteiger partial charge on any atom is -0.350 e. The number of nitrogens with zero attached hydrogens (tertiary/aromatic N) is 1. The fraction of sp³-hybridized carbons (Fsp3) is 0.154. The van der Waals surface area contributed by atoms with Crippen LogP contribution in [0, 0.1) is 0 Å². The van der Waals surface area contributed by atoms with E-state index in [0.29, 0.717) is 22.2 Å². The molecule has 0 aliphatic heterocycles. The second kappa shape index (κ2) is 9.99. The van der Waals surface area contributed by atoms with Crippen molar-refractivity contribution in [3.8, 4) is 0 Å². The van der Waals surface area contributed by atoms with Gasteiger partial charge in [-0.05, 0) is 48.9 Å². The normalized spacial score (nSPS) is 11.7. The lowest BCUT2D eigenvalue weighted by Crippen LogP contribution is -2.33. The fourth-order valence-corrected chi connectivity index (χ4v) is 3.75. The summed E-state index contributed by atoms with van der Waals surface area (Å²) in [7, 11) is 0. The number of hydrogen-bond acceptors (Lipinski definition) is 4. The molecule has 0 fully saturated rings. The number of nitrogens with one attached hydrogen (secondary N) is 3. The van der Waals surface area contributed by atoms with Crippen molar-refractivity contribution < 1.29 is 9.59 Å². The highest BCUT2D eigenvalue weighted by Gasteiger charge is 2.13. The molecule has 1 aromatic heterocycles. The number of para-hydroxylation sites is 1. The number of anilines is 1. The summed E-state index contributed by atoms with van der Waals surface area (Å²) in [4.78, 5) is 51.6. The number of hydrogen-bond donors (Lipinski definition) is 3. The summed E-state index contributed by atoms with van der Waals surface area (Å²) >= 11 is 0. The third-order valence-electron chi connectivity index (χ3n) is 5.53. The average molecular weight is 457 g/mol. The number of H-pyrrole nitrogens is 1. The molecule has 8 heteroatoms. The largest absolute Gasteiger partial charge is 0.350 e. The first-order valence-electron chi connectivity index (χ1n) is 10.9. The van der Waals surface area contributed by atoms with E-state index < -0.39 is 11.2 Å². The van der Waals surface area contributed by atoms with E-state index in [-0.39, 0.29) is 30.8 Å². The molecule has 0 saturated carbocycles. The molecular weight excluding hydrogens is 432 g/mol. The third kappa shape index (κ3) is 5.12. The second-order valence-corrected chi connectivity index (χ2v) is 7.91. The van der Waals surface area contributed by atoms with Crippen molar-refractivity contribution >= 4 is 28.4 Å². The summed E-state index contributed by atoms with van der Waals surface area (Å²) in [6.45, 7) is 1.97. The smallest absolute Gasteiger partial charge is 0.328 e. The van der Waals surface area contributed by atoms with Gasteiger partial charge in [0.05, 0.1) is 16.9 Å². The summed E-state index contributed by atoms with van der Waals surface area (Å²) in [6.07, 6.45) is 0.0602. The molecule has 8 nitrogen and oxygen atoms in total. The number of carbonyl (C=O) groups is 2. The zero-order valence-corrected chi connectivity index (χ0v) is 18.6. The number of amides is 2. The van der Waals surface area contributed by atoms with Gasteiger partial charge >= 0.3 is 5.69 Å². The van der Waals surface area contributed by atoms with Gasteiger partial charge < -0.3 is 10.6 Å². The van der Waals surface area contributed by atoms with Gasteiger partial charge in [-0.1, -0.05) is 42.5 Å². The molecule has 172 valence electrons. The predicted octanol–water partition coefficient (Wildman–Crippen LogP) is 3.21. The Hall–Kier alpha value is -4.46. The van der Waals surface area contributed by atoms with Crippen molar-refractivity contribution in [3.63, 3.8) is 0 Å². The van der Waals surface area contributed by atoms with Crippen LogP contribution in [0.25, 0.3) is 10.9 Å². The fourth-order valence-electron chi connectivity index (χ4n) is 3.75. The van der Waals surface area contributed by atoms with Crippen molar-refractivity contribution in [2.45, 2.75) is 25.9 Å². The minimum absolute atomic E-state index is 0.0602. The van der Waals surface area contributed by atoms with Crippen LogP contribution in [-0.2, 0) is 11.3 Å². The second-order valence-electron chi connectivity index (χ2n) is 7.91. The lowest BCUT2D eigenvalue weighted by Gasteiger charge is -2.16. The highest BCUT2D eigenvalue weighted by molar-refractivity contribution is 6.04. The van der Waals surface area contributed by atoms with Crippen molar-refractivity contribution in [2.75, 3.05) is 5.32 Å². The lowest BCUT2D eigenvalue weighted by molar-refractivity contribution is -0.121. The van der Waals surface area contributed by atoms with Gasteiger partial charge in [0.2, 0.25) is 5.91 Å². The molecule has 3 N–H and O–H groups in total. The van der Waals surface area contributed by atoms with E-state index in [9.17, 15) is 19.2 Å². The van der Waals surface area contributed by atoms with Crippen molar-refractivity contribution in [1.29, 1.82) is 0 Å². The Morgan fingerprint density at radius 1 is 0.941 bits per heavy atom. The van der Waals surface area contributed by atoms with Gasteiger partial charge in [0.1, 0.15) is 0 Å². The first-order valence-corrected chi connectivity index (χ1v) is 10.9. The lowest BCUT2D eigenvalue weighted by atomic mass is 10.1. The molecule has 0 bridgehead atoms. The molecule has 0 spiro atoms. The van der Waals surface area contributed by atoms with Gasteiger partial charge in [0, 0.05) is 24.2 Å². The first-order chi connectivity index (χ1) is 16.4. The van der Waals surface area contributed by atoms with Gasteiger partial charge in [0.25, 0.3) is 11.5 Å². The summed E-state index contributed by atoms with van der Waals surface area (Å²) in [6, 6.07) is 22.6. The van der Waals surface area contributed by atoms with E-state index in [1.165, 1.54) is 4.57 Å². The summed E-state index contributed by atoms with van der Waals surface area (Å²) in [5, 5.41) is 6.17. The van der Waals surface area contributed by atoms with Crippen LogP contribution in [0.15, 0.2) is 88.5 Å². The Kier molecular flexibility index (Phi) is 6.68. The third-order valence-corrected chi connectivity index (χ3v) is 5.53. The van der Waals surface area contributed by atoms with E-state index >= 15 is 0 Å². The van der Waals surface area contributed by atoms with E-state index in [2.05, 4.69) is 15.6 Å². The number of aryl methyl sites for hydroxylation is 1. The zero-order chi connectivity index (χ0) is 24.1. The average Bonchev–Trinajstić information content (AvgIpc) is 2.84. The van der Waals surface area contributed by atoms with Gasteiger partial charge in [-0.3, -0.25) is 23.9 Å². The van der Waals surface area contributed by atoms with E-state index in [0.717, 1.165) is 5.56 Å². The quantitative estimate of drug-likeness (QED) is 0.396. The van der Waals surface area contributed by atoms with E-state index in [1.54, 1.807) is 54.6 Å². The minimum atomic E-state index is -0.550. The number of benzene rings is 3. The molecule has 3 aromatic carbocycles. The predicted molar refractivity (Wildman–Crippen MR) is 131 cm³/mol. The molecule has 0 saturated heterocycles. The molecule has 1 heterocycles. The van der Waals surface area contributed by atoms with Gasteiger partial charge in [-0.25, -0.2) is 4.79 Å². The van der Waals surface area contributed by atoms with Gasteiger partial charge in [0.15, 0.2) is 0 Å². The topological polar surface area (TPSA) is 113 Å². The number of aromatic nitrogens is 2. The monoisotopic (exact) mass is 456 g/mol. The van der Waals surface area contributed by atoms with Crippen molar-refractivity contribution in [2.24, 2.45) is 0 Å². The van der Waals surface area contributed by atoms with E-state index in [4.69, 9.17) is 0 Å². The molecule has 0 aliphatic carbocycles. The molecule has 4 rings (SSSR count). The Bertz CT molecular complexity index is 1460. The zero-order valence-electron chi connectivity index (χ0n) is 18.6. The van der Waals surface area contributed by atoms with Crippen LogP contribution < -0.4 is 21.9 Å². The van der Waals surface area contributed by atoms with Crippen LogP contribution in [0.2, 0.25) is 0 Å². The first kappa shape index (κ1) is 22.7. The maximum absolute atomic E-state index is 12.6. The summed E-state index contributed by atoms with van der Waals surface area (Å²) < 4.78 is 1.39. The van der Waals surface area contributed by atoms with Crippen LogP contribution in [-0.4, -0.2) is 21.4 Å². The number of carbonyl (C=O) groups excluding carboxylic acids is 2. The molecule has 1 atom stereocenters. The molecule has 34 heavy (non-hydrogen) atoms. The maximum Gasteiger partial charge on any atom is 0.328 e. The summed E-state index contributed by atoms with van der Waals surface area (Å²) in [5.41, 5.74) is 1.49. The summed E-state index contributed by atoms with van der Waals surface area (Å²) in [5.74, 6) is -0.457. The maximum atomic E-state index is 12.6. The van der Waals surface area contributed by atoms with Crippen LogP contribution in [0.4, 0.5) is 5.69 Å². The number of aromatic amines is 1. The highest BCUT2D eigenvalue weighted by atomic mass is 16.2. The Morgan fingerprint density at radius 3 is 2.47 bits per heavy atom. The van der Waals surface area contributed by atoms with Crippen molar-refractivity contribution in [1.82, 2.24) is 14.9 Å². The van der Waals surface area contributed by atoms with Crippen molar-refractivity contribution in [3.05, 3.63) is 111 Å². The molecule has 0 aliphatic rings.